The number of rotatable bonds is 6. The molecule has 1 amide bonds. The summed E-state index contributed by atoms with van der Waals surface area (Å²) in [6, 6.07) is 4.00. The maximum absolute atomic E-state index is 10.7. The first-order valence-electron chi connectivity index (χ1n) is 6.16. The van der Waals surface area contributed by atoms with E-state index in [0.29, 0.717) is 0 Å². The molecular weight excluding hydrogens is 228 g/mol. The SMILES string of the molecule is CC(=O)NCCCCn1cc(-c2ccc[nH]2)cn1. The van der Waals surface area contributed by atoms with E-state index in [9.17, 15) is 4.79 Å². The second-order valence-corrected chi connectivity index (χ2v) is 4.27. The highest BCUT2D eigenvalue weighted by Crippen LogP contribution is 2.15. The maximum atomic E-state index is 10.7. The van der Waals surface area contributed by atoms with E-state index in [1.54, 1.807) is 0 Å². The molecule has 0 spiro atoms. The quantitative estimate of drug-likeness (QED) is 0.763. The molecule has 0 fully saturated rings. The van der Waals surface area contributed by atoms with Gasteiger partial charge in [-0.3, -0.25) is 9.48 Å². The average Bonchev–Trinajstić information content (AvgIpc) is 2.98. The van der Waals surface area contributed by atoms with Gasteiger partial charge in [-0.1, -0.05) is 0 Å². The third-order valence-corrected chi connectivity index (χ3v) is 2.73. The van der Waals surface area contributed by atoms with Crippen LogP contribution in [0.5, 0.6) is 0 Å². The van der Waals surface area contributed by atoms with Gasteiger partial charge in [-0.05, 0) is 25.0 Å². The van der Waals surface area contributed by atoms with Gasteiger partial charge in [0.1, 0.15) is 0 Å². The summed E-state index contributed by atoms with van der Waals surface area (Å²) in [6.45, 7) is 3.15. The van der Waals surface area contributed by atoms with Gasteiger partial charge in [0.25, 0.3) is 0 Å². The fourth-order valence-electron chi connectivity index (χ4n) is 1.80. The molecule has 0 unspecified atom stereocenters. The maximum Gasteiger partial charge on any atom is 0.216 e. The van der Waals surface area contributed by atoms with E-state index < -0.39 is 0 Å². The number of aromatic nitrogens is 3. The first kappa shape index (κ1) is 12.4. The monoisotopic (exact) mass is 246 g/mol. The minimum absolute atomic E-state index is 0.0307. The average molecular weight is 246 g/mol. The van der Waals surface area contributed by atoms with Crippen LogP contribution in [0.15, 0.2) is 30.7 Å². The summed E-state index contributed by atoms with van der Waals surface area (Å²) in [4.78, 5) is 13.8. The summed E-state index contributed by atoms with van der Waals surface area (Å²) in [7, 11) is 0. The van der Waals surface area contributed by atoms with Crippen molar-refractivity contribution in [1.29, 1.82) is 0 Å². The van der Waals surface area contributed by atoms with E-state index in [1.807, 2.05) is 35.4 Å². The van der Waals surface area contributed by atoms with Gasteiger partial charge in [0.2, 0.25) is 5.91 Å². The van der Waals surface area contributed by atoms with Crippen molar-refractivity contribution in [3.05, 3.63) is 30.7 Å². The zero-order valence-corrected chi connectivity index (χ0v) is 10.5. The highest BCUT2D eigenvalue weighted by molar-refractivity contribution is 5.72. The molecule has 5 heteroatoms. The van der Waals surface area contributed by atoms with Crippen molar-refractivity contribution in [3.8, 4) is 11.3 Å². The number of hydrogen-bond acceptors (Lipinski definition) is 2. The first-order chi connectivity index (χ1) is 8.75. The van der Waals surface area contributed by atoms with Gasteiger partial charge in [0.15, 0.2) is 0 Å². The molecule has 0 radical (unpaired) electrons. The van der Waals surface area contributed by atoms with Crippen molar-refractivity contribution in [2.75, 3.05) is 6.54 Å². The standard InChI is InChI=1S/C13H18N4O/c1-11(18)14-6-2-3-8-17-10-12(9-16-17)13-5-4-7-15-13/h4-5,7,9-10,15H,2-3,6,8H2,1H3,(H,14,18). The third kappa shape index (κ3) is 3.48. The van der Waals surface area contributed by atoms with Crippen LogP contribution in [0.3, 0.4) is 0 Å². The third-order valence-electron chi connectivity index (χ3n) is 2.73. The van der Waals surface area contributed by atoms with E-state index in [4.69, 9.17) is 0 Å². The van der Waals surface area contributed by atoms with Crippen LogP contribution in [-0.4, -0.2) is 27.2 Å². The predicted molar refractivity (Wildman–Crippen MR) is 69.9 cm³/mol. The zero-order chi connectivity index (χ0) is 12.8. The topological polar surface area (TPSA) is 62.7 Å². The Kier molecular flexibility index (Phi) is 4.17. The van der Waals surface area contributed by atoms with Gasteiger partial charge >= 0.3 is 0 Å². The summed E-state index contributed by atoms with van der Waals surface area (Å²) >= 11 is 0. The molecule has 2 heterocycles. The minimum atomic E-state index is 0.0307. The van der Waals surface area contributed by atoms with Crippen LogP contribution in [0, 0.1) is 0 Å². The van der Waals surface area contributed by atoms with Crippen LogP contribution >= 0.6 is 0 Å². The molecule has 0 aliphatic carbocycles. The predicted octanol–water partition coefficient (Wildman–Crippen LogP) is 1.79. The summed E-state index contributed by atoms with van der Waals surface area (Å²) in [6.07, 6.45) is 7.77. The lowest BCUT2D eigenvalue weighted by Gasteiger charge is -2.02. The molecule has 0 aromatic carbocycles. The number of nitrogens with one attached hydrogen (secondary N) is 2. The Hall–Kier alpha value is -2.04. The summed E-state index contributed by atoms with van der Waals surface area (Å²) in [5, 5.41) is 7.10. The molecule has 18 heavy (non-hydrogen) atoms. The van der Waals surface area contributed by atoms with Crippen molar-refractivity contribution < 1.29 is 4.79 Å². The highest BCUT2D eigenvalue weighted by atomic mass is 16.1. The number of amides is 1. The van der Waals surface area contributed by atoms with E-state index in [1.165, 1.54) is 6.92 Å². The zero-order valence-electron chi connectivity index (χ0n) is 10.5. The highest BCUT2D eigenvalue weighted by Gasteiger charge is 2.01. The number of unbranched alkanes of at least 4 members (excludes halogenated alkanes) is 1. The van der Waals surface area contributed by atoms with Crippen molar-refractivity contribution in [1.82, 2.24) is 20.1 Å². The second-order valence-electron chi connectivity index (χ2n) is 4.27. The Morgan fingerprint density at radius 2 is 2.39 bits per heavy atom. The van der Waals surface area contributed by atoms with Gasteiger partial charge < -0.3 is 10.3 Å². The van der Waals surface area contributed by atoms with Crippen LogP contribution < -0.4 is 5.32 Å². The number of nitrogens with zero attached hydrogens (tertiary/aromatic N) is 2. The van der Waals surface area contributed by atoms with Crippen molar-refractivity contribution in [3.63, 3.8) is 0 Å². The number of hydrogen-bond donors (Lipinski definition) is 2. The molecule has 0 bridgehead atoms. The minimum Gasteiger partial charge on any atom is -0.361 e. The fraction of sp³-hybridized carbons (Fsp3) is 0.385. The first-order valence-corrected chi connectivity index (χ1v) is 6.16. The molecule has 2 aromatic rings. The number of H-pyrrole nitrogens is 1. The Morgan fingerprint density at radius 3 is 3.11 bits per heavy atom. The van der Waals surface area contributed by atoms with E-state index in [2.05, 4.69) is 15.4 Å². The number of carbonyl (C=O) groups excluding carboxylic acids is 1. The molecule has 0 atom stereocenters. The van der Waals surface area contributed by atoms with Crippen LogP contribution in [0.4, 0.5) is 0 Å². The Morgan fingerprint density at radius 1 is 1.50 bits per heavy atom. The van der Waals surface area contributed by atoms with Gasteiger partial charge in [-0.25, -0.2) is 0 Å². The molecule has 0 saturated carbocycles. The molecular formula is C13H18N4O. The largest absolute Gasteiger partial charge is 0.361 e. The Labute approximate surface area is 106 Å². The summed E-state index contributed by atoms with van der Waals surface area (Å²) < 4.78 is 1.93. The van der Waals surface area contributed by atoms with Gasteiger partial charge in [0.05, 0.1) is 6.20 Å². The molecule has 2 N–H and O–H groups in total. The van der Waals surface area contributed by atoms with Crippen molar-refractivity contribution in [2.45, 2.75) is 26.3 Å². The Bertz CT molecular complexity index is 487. The second kappa shape index (κ2) is 6.05. The summed E-state index contributed by atoms with van der Waals surface area (Å²) in [5.41, 5.74) is 2.18. The lowest BCUT2D eigenvalue weighted by atomic mass is 10.2. The lowest BCUT2D eigenvalue weighted by molar-refractivity contribution is -0.118. The smallest absolute Gasteiger partial charge is 0.216 e. The van der Waals surface area contributed by atoms with Gasteiger partial charge in [0, 0.05) is 43.7 Å². The van der Waals surface area contributed by atoms with Crippen molar-refractivity contribution in [2.24, 2.45) is 0 Å². The van der Waals surface area contributed by atoms with Crippen LogP contribution in [0.25, 0.3) is 11.3 Å². The molecule has 5 nitrogen and oxygen atoms in total. The molecule has 2 aromatic heterocycles. The number of carbonyl (C=O) groups is 1. The van der Waals surface area contributed by atoms with E-state index >= 15 is 0 Å². The van der Waals surface area contributed by atoms with Gasteiger partial charge in [-0.15, -0.1) is 0 Å². The van der Waals surface area contributed by atoms with Crippen LogP contribution in [0.2, 0.25) is 0 Å². The number of aryl methyl sites for hydroxylation is 1. The normalized spacial score (nSPS) is 10.5. The number of aromatic amines is 1. The molecule has 0 aliphatic heterocycles. The molecule has 0 saturated heterocycles. The summed E-state index contributed by atoms with van der Waals surface area (Å²) in [5.74, 6) is 0.0307. The van der Waals surface area contributed by atoms with E-state index in [0.717, 1.165) is 37.2 Å². The van der Waals surface area contributed by atoms with Crippen molar-refractivity contribution >= 4 is 5.91 Å². The fourth-order valence-corrected chi connectivity index (χ4v) is 1.80. The van der Waals surface area contributed by atoms with Crippen LogP contribution in [-0.2, 0) is 11.3 Å². The lowest BCUT2D eigenvalue weighted by Crippen LogP contribution is -2.21. The van der Waals surface area contributed by atoms with Gasteiger partial charge in [-0.2, -0.15) is 5.10 Å². The Balaban J connectivity index is 1.76. The van der Waals surface area contributed by atoms with Crippen LogP contribution in [0.1, 0.15) is 19.8 Å². The molecule has 96 valence electrons. The van der Waals surface area contributed by atoms with E-state index in [-0.39, 0.29) is 5.91 Å². The molecule has 2 rings (SSSR count). The molecule has 0 aliphatic rings.